The Bertz CT molecular complexity index is 1280. The Kier molecular flexibility index (Phi) is 7.32. The van der Waals surface area contributed by atoms with E-state index in [0.29, 0.717) is 22.9 Å². The highest BCUT2D eigenvalue weighted by Gasteiger charge is 2.53. The lowest BCUT2D eigenvalue weighted by atomic mass is 9.85. The first-order chi connectivity index (χ1) is 17.8. The van der Waals surface area contributed by atoms with Gasteiger partial charge in [0.15, 0.2) is 0 Å². The standard InChI is InChI=1S/C26H29F3N6O3/c1-25(2,3)21(34-24(38)26(27,28)29)23(37)35-13-15-6-4-8-16(15)20(35)22(36)33-18(10-30)17-12-31-11-14-7-5-9-32-19(14)17/h5,7,9,11-12,15-16,18,20-21H,4,6,8,13H2,1-3H3,(H,33,36)(H,34,38)/t15-,16-,18?,20-,21?/m0/s1. The van der Waals surface area contributed by atoms with Gasteiger partial charge in [-0.25, -0.2) is 0 Å². The Morgan fingerprint density at radius 3 is 2.55 bits per heavy atom. The summed E-state index contributed by atoms with van der Waals surface area (Å²) in [6.45, 7) is 4.82. The van der Waals surface area contributed by atoms with Crippen molar-refractivity contribution < 1.29 is 27.6 Å². The number of pyridine rings is 2. The minimum absolute atomic E-state index is 0.00457. The normalized spacial score (nSPS) is 22.9. The molecule has 2 aromatic heterocycles. The molecule has 0 spiro atoms. The van der Waals surface area contributed by atoms with Crippen LogP contribution in [0.25, 0.3) is 10.9 Å². The Hall–Kier alpha value is -3.75. The fraction of sp³-hybridized carbons (Fsp3) is 0.538. The highest BCUT2D eigenvalue weighted by atomic mass is 19.4. The van der Waals surface area contributed by atoms with Gasteiger partial charge in [-0.3, -0.25) is 24.4 Å². The molecule has 12 heteroatoms. The smallest absolute Gasteiger partial charge is 0.336 e. The molecule has 1 aliphatic carbocycles. The molecule has 2 aliphatic rings. The molecule has 38 heavy (non-hydrogen) atoms. The fourth-order valence-corrected chi connectivity index (χ4v) is 5.54. The number of rotatable bonds is 5. The van der Waals surface area contributed by atoms with E-state index in [1.54, 1.807) is 45.3 Å². The van der Waals surface area contributed by atoms with Gasteiger partial charge in [0.05, 0.1) is 11.6 Å². The fourth-order valence-electron chi connectivity index (χ4n) is 5.54. The second-order valence-corrected chi connectivity index (χ2v) is 10.9. The lowest BCUT2D eigenvalue weighted by Crippen LogP contribution is -2.60. The second kappa shape index (κ2) is 10.2. The first kappa shape index (κ1) is 27.3. The van der Waals surface area contributed by atoms with Gasteiger partial charge in [-0.1, -0.05) is 27.2 Å². The number of hydrogen-bond acceptors (Lipinski definition) is 6. The molecule has 2 unspecified atom stereocenters. The quantitative estimate of drug-likeness (QED) is 0.612. The molecule has 0 aromatic carbocycles. The number of halogens is 3. The summed E-state index contributed by atoms with van der Waals surface area (Å²) in [5, 5.41) is 15.1. The van der Waals surface area contributed by atoms with Gasteiger partial charge in [-0.15, -0.1) is 0 Å². The van der Waals surface area contributed by atoms with Crippen molar-refractivity contribution in [2.24, 2.45) is 17.3 Å². The van der Waals surface area contributed by atoms with Gasteiger partial charge in [-0.05, 0) is 42.2 Å². The SMILES string of the molecule is CC(C)(C)C(NC(=O)C(F)(F)F)C(=O)N1C[C@@H]2CCC[C@@H]2[C@H]1C(=O)NC(C#N)c1cncc2cccnc12. The maximum Gasteiger partial charge on any atom is 0.471 e. The molecule has 1 saturated heterocycles. The summed E-state index contributed by atoms with van der Waals surface area (Å²) in [7, 11) is 0. The molecule has 2 aromatic rings. The topological polar surface area (TPSA) is 128 Å². The predicted octanol–water partition coefficient (Wildman–Crippen LogP) is 3.03. The van der Waals surface area contributed by atoms with Crippen LogP contribution in [0.2, 0.25) is 0 Å². The highest BCUT2D eigenvalue weighted by molar-refractivity contribution is 5.94. The van der Waals surface area contributed by atoms with Crippen LogP contribution in [0.4, 0.5) is 13.2 Å². The van der Waals surface area contributed by atoms with E-state index in [9.17, 15) is 32.8 Å². The van der Waals surface area contributed by atoms with Crippen LogP contribution in [0.3, 0.4) is 0 Å². The van der Waals surface area contributed by atoms with Crippen molar-refractivity contribution in [2.75, 3.05) is 6.54 Å². The molecule has 5 atom stereocenters. The highest BCUT2D eigenvalue weighted by Crippen LogP contribution is 2.43. The first-order valence-electron chi connectivity index (χ1n) is 12.4. The maximum absolute atomic E-state index is 13.7. The minimum atomic E-state index is -5.16. The van der Waals surface area contributed by atoms with Crippen LogP contribution in [0.15, 0.2) is 30.7 Å². The number of nitriles is 1. The number of likely N-dealkylation sites (tertiary alicyclic amines) is 1. The molecule has 1 saturated carbocycles. The zero-order chi connectivity index (χ0) is 27.8. The summed E-state index contributed by atoms with van der Waals surface area (Å²) in [6.07, 6.45) is 1.72. The van der Waals surface area contributed by atoms with Gasteiger partial charge >= 0.3 is 12.1 Å². The zero-order valence-electron chi connectivity index (χ0n) is 21.2. The van der Waals surface area contributed by atoms with E-state index in [-0.39, 0.29) is 18.4 Å². The maximum atomic E-state index is 13.7. The summed E-state index contributed by atoms with van der Waals surface area (Å²) in [6, 6.07) is 1.94. The molecule has 1 aliphatic heterocycles. The monoisotopic (exact) mass is 530 g/mol. The first-order valence-corrected chi connectivity index (χ1v) is 12.4. The largest absolute Gasteiger partial charge is 0.471 e. The van der Waals surface area contributed by atoms with Gasteiger partial charge < -0.3 is 15.5 Å². The van der Waals surface area contributed by atoms with Crippen LogP contribution in [0, 0.1) is 28.6 Å². The molecule has 4 rings (SSSR count). The van der Waals surface area contributed by atoms with Gasteiger partial charge in [0, 0.05) is 36.1 Å². The molecule has 2 fully saturated rings. The van der Waals surface area contributed by atoms with E-state index in [0.717, 1.165) is 12.8 Å². The number of fused-ring (bicyclic) bond motifs is 2. The third-order valence-electron chi connectivity index (χ3n) is 7.35. The number of aromatic nitrogens is 2. The van der Waals surface area contributed by atoms with Crippen molar-refractivity contribution in [3.05, 3.63) is 36.3 Å². The van der Waals surface area contributed by atoms with Crippen LogP contribution >= 0.6 is 0 Å². The van der Waals surface area contributed by atoms with Gasteiger partial charge in [0.2, 0.25) is 11.8 Å². The number of amides is 3. The van der Waals surface area contributed by atoms with Crippen molar-refractivity contribution >= 4 is 28.6 Å². The van der Waals surface area contributed by atoms with Crippen molar-refractivity contribution in [3.8, 4) is 6.07 Å². The Labute approximate surface area is 217 Å². The van der Waals surface area contributed by atoms with E-state index in [4.69, 9.17) is 0 Å². The van der Waals surface area contributed by atoms with Crippen LogP contribution in [0.1, 0.15) is 51.6 Å². The van der Waals surface area contributed by atoms with E-state index in [1.165, 1.54) is 11.1 Å². The molecule has 9 nitrogen and oxygen atoms in total. The average molecular weight is 531 g/mol. The molecular formula is C26H29F3N6O3. The molecule has 3 heterocycles. The lowest BCUT2D eigenvalue weighted by molar-refractivity contribution is -0.176. The van der Waals surface area contributed by atoms with Crippen molar-refractivity contribution in [2.45, 2.75) is 64.3 Å². The average Bonchev–Trinajstić information content (AvgIpc) is 3.45. The van der Waals surface area contributed by atoms with Crippen molar-refractivity contribution in [1.29, 1.82) is 5.26 Å². The van der Waals surface area contributed by atoms with Gasteiger partial charge in [0.1, 0.15) is 18.1 Å². The molecule has 0 bridgehead atoms. The number of carbonyl (C=O) groups excluding carboxylic acids is 3. The number of carbonyl (C=O) groups is 3. The van der Waals surface area contributed by atoms with E-state index >= 15 is 0 Å². The van der Waals surface area contributed by atoms with Crippen molar-refractivity contribution in [1.82, 2.24) is 25.5 Å². The van der Waals surface area contributed by atoms with Gasteiger partial charge in [-0.2, -0.15) is 18.4 Å². The van der Waals surface area contributed by atoms with Crippen LogP contribution in [0.5, 0.6) is 0 Å². The number of nitrogens with one attached hydrogen (secondary N) is 2. The lowest BCUT2D eigenvalue weighted by Gasteiger charge is -2.36. The Morgan fingerprint density at radius 1 is 1.16 bits per heavy atom. The molecule has 2 N–H and O–H groups in total. The molecule has 202 valence electrons. The summed E-state index contributed by atoms with van der Waals surface area (Å²) < 4.78 is 39.1. The summed E-state index contributed by atoms with van der Waals surface area (Å²) >= 11 is 0. The van der Waals surface area contributed by atoms with E-state index in [2.05, 4.69) is 21.4 Å². The zero-order valence-corrected chi connectivity index (χ0v) is 21.2. The second-order valence-electron chi connectivity index (χ2n) is 10.9. The number of nitrogens with zero attached hydrogens (tertiary/aromatic N) is 4. The molecule has 3 amide bonds. The predicted molar refractivity (Wildman–Crippen MR) is 130 cm³/mol. The summed E-state index contributed by atoms with van der Waals surface area (Å²) in [4.78, 5) is 48.9. The Morgan fingerprint density at radius 2 is 1.89 bits per heavy atom. The van der Waals surface area contributed by atoms with E-state index in [1.807, 2.05) is 5.32 Å². The minimum Gasteiger partial charge on any atom is -0.336 e. The summed E-state index contributed by atoms with van der Waals surface area (Å²) in [5.74, 6) is -3.77. The van der Waals surface area contributed by atoms with Crippen LogP contribution in [-0.2, 0) is 14.4 Å². The third kappa shape index (κ3) is 5.28. The molecular weight excluding hydrogens is 501 g/mol. The third-order valence-corrected chi connectivity index (χ3v) is 7.35. The van der Waals surface area contributed by atoms with Gasteiger partial charge in [0.25, 0.3) is 0 Å². The van der Waals surface area contributed by atoms with Crippen molar-refractivity contribution in [3.63, 3.8) is 0 Å². The number of alkyl halides is 3. The van der Waals surface area contributed by atoms with E-state index < -0.39 is 47.4 Å². The van der Waals surface area contributed by atoms with Crippen LogP contribution < -0.4 is 10.6 Å². The Balaban J connectivity index is 1.63. The number of hydrogen-bond donors (Lipinski definition) is 2. The summed E-state index contributed by atoms with van der Waals surface area (Å²) in [5.41, 5.74) is -0.176. The molecule has 0 radical (unpaired) electrons. The van der Waals surface area contributed by atoms with Crippen LogP contribution in [-0.4, -0.2) is 57.4 Å².